The summed E-state index contributed by atoms with van der Waals surface area (Å²) in [6.07, 6.45) is 1.68. The Kier molecular flexibility index (Phi) is 7.36. The molecule has 0 saturated carbocycles. The third kappa shape index (κ3) is 5.61. The van der Waals surface area contributed by atoms with Gasteiger partial charge in [-0.25, -0.2) is 4.98 Å². The fraction of sp³-hybridized carbons (Fsp3) is 0.370. The van der Waals surface area contributed by atoms with Gasteiger partial charge < -0.3 is 19.6 Å². The topological polar surface area (TPSA) is 73.6 Å². The number of nitrogens with zero attached hydrogens (tertiary/aromatic N) is 6. The van der Waals surface area contributed by atoms with Crippen LogP contribution in [-0.4, -0.2) is 78.3 Å². The van der Waals surface area contributed by atoms with E-state index in [1.54, 1.807) is 6.26 Å². The number of rotatable bonds is 8. The van der Waals surface area contributed by atoms with Gasteiger partial charge in [-0.1, -0.05) is 35.0 Å². The van der Waals surface area contributed by atoms with E-state index in [1.807, 2.05) is 25.1 Å². The number of halogens is 1. The summed E-state index contributed by atoms with van der Waals surface area (Å²) in [6.45, 7) is 8.53. The molecule has 0 radical (unpaired) electrons. The number of aryl methyl sites for hydroxylation is 1. The molecule has 2 aromatic carbocycles. The average molecular weight is 506 g/mol. The summed E-state index contributed by atoms with van der Waals surface area (Å²) in [5, 5.41) is 9.27. The Morgan fingerprint density at radius 2 is 1.89 bits per heavy atom. The van der Waals surface area contributed by atoms with Crippen molar-refractivity contribution in [2.75, 3.05) is 63.6 Å². The van der Waals surface area contributed by atoms with Crippen LogP contribution in [-0.2, 0) is 6.54 Å². The van der Waals surface area contributed by atoms with E-state index in [9.17, 15) is 0 Å². The molecule has 188 valence electrons. The molecule has 0 aliphatic carbocycles. The van der Waals surface area contributed by atoms with Crippen molar-refractivity contribution in [3.63, 3.8) is 0 Å². The van der Waals surface area contributed by atoms with E-state index in [2.05, 4.69) is 63.5 Å². The first-order valence-corrected chi connectivity index (χ1v) is 12.7. The minimum Gasteiger partial charge on any atom is -0.365 e. The van der Waals surface area contributed by atoms with Gasteiger partial charge in [0.25, 0.3) is 0 Å². The Labute approximate surface area is 216 Å². The van der Waals surface area contributed by atoms with Gasteiger partial charge in [-0.3, -0.25) is 4.90 Å². The number of fused-ring (bicyclic) bond motifs is 1. The van der Waals surface area contributed by atoms with E-state index in [0.717, 1.165) is 89.3 Å². The second-order valence-corrected chi connectivity index (χ2v) is 9.97. The zero-order valence-corrected chi connectivity index (χ0v) is 21.8. The molecule has 4 aromatic rings. The Morgan fingerprint density at radius 1 is 1.06 bits per heavy atom. The van der Waals surface area contributed by atoms with Crippen molar-refractivity contribution >= 4 is 34.3 Å². The largest absolute Gasteiger partial charge is 0.365 e. The van der Waals surface area contributed by atoms with Gasteiger partial charge in [0.2, 0.25) is 5.95 Å². The lowest BCUT2D eigenvalue weighted by molar-refractivity contribution is 0.229. The molecular formula is C27H32ClN7O. The van der Waals surface area contributed by atoms with Crippen molar-refractivity contribution in [1.82, 2.24) is 24.9 Å². The maximum absolute atomic E-state index is 6.21. The van der Waals surface area contributed by atoms with Gasteiger partial charge in [0, 0.05) is 61.8 Å². The van der Waals surface area contributed by atoms with E-state index in [1.165, 1.54) is 0 Å². The van der Waals surface area contributed by atoms with Crippen LogP contribution < -0.4 is 10.2 Å². The van der Waals surface area contributed by atoms with Crippen LogP contribution in [0.25, 0.3) is 22.0 Å². The maximum atomic E-state index is 6.21. The summed E-state index contributed by atoms with van der Waals surface area (Å²) < 4.78 is 5.17. The molecule has 1 aliphatic rings. The molecule has 1 aliphatic heterocycles. The zero-order valence-electron chi connectivity index (χ0n) is 21.0. The van der Waals surface area contributed by atoms with E-state index in [0.29, 0.717) is 6.54 Å². The van der Waals surface area contributed by atoms with Gasteiger partial charge in [-0.15, -0.1) is 0 Å². The quantitative estimate of drug-likeness (QED) is 0.374. The van der Waals surface area contributed by atoms with Gasteiger partial charge in [-0.2, -0.15) is 4.98 Å². The first kappa shape index (κ1) is 24.5. The van der Waals surface area contributed by atoms with Crippen LogP contribution >= 0.6 is 11.6 Å². The van der Waals surface area contributed by atoms with Crippen molar-refractivity contribution in [2.45, 2.75) is 13.5 Å². The normalized spacial score (nSPS) is 14.6. The van der Waals surface area contributed by atoms with Crippen LogP contribution in [0.15, 0.2) is 53.3 Å². The smallest absolute Gasteiger partial charge is 0.227 e. The fourth-order valence-electron chi connectivity index (χ4n) is 4.47. The Bertz CT molecular complexity index is 1330. The van der Waals surface area contributed by atoms with Crippen LogP contribution in [0.5, 0.6) is 0 Å². The standard InChI is InChI=1S/C27H32ClN7O/c1-19-24(18-36-32-19)21-7-8-25-23(16-21)26(29-17-20-5-4-6-22(28)15-20)31-27(30-25)35-13-11-34(12-14-35)10-9-33(2)3/h4-8,15-16,18H,9-14,17H2,1-3H3,(H,29,30,31). The molecule has 0 atom stereocenters. The Morgan fingerprint density at radius 3 is 2.61 bits per heavy atom. The van der Waals surface area contributed by atoms with Gasteiger partial charge in [0.1, 0.15) is 12.1 Å². The third-order valence-corrected chi connectivity index (χ3v) is 6.85. The Hall–Kier alpha value is -3.20. The number of hydrogen-bond donors (Lipinski definition) is 1. The number of hydrogen-bond acceptors (Lipinski definition) is 8. The average Bonchev–Trinajstić information content (AvgIpc) is 3.31. The van der Waals surface area contributed by atoms with Crippen molar-refractivity contribution in [3.05, 3.63) is 65.0 Å². The molecular weight excluding hydrogens is 474 g/mol. The molecule has 0 unspecified atom stereocenters. The van der Waals surface area contributed by atoms with Crippen molar-refractivity contribution in [1.29, 1.82) is 0 Å². The number of piperazine rings is 1. The molecule has 5 rings (SSSR count). The molecule has 0 amide bonds. The molecule has 36 heavy (non-hydrogen) atoms. The summed E-state index contributed by atoms with van der Waals surface area (Å²) >= 11 is 6.21. The third-order valence-electron chi connectivity index (χ3n) is 6.61. The second-order valence-electron chi connectivity index (χ2n) is 9.53. The molecule has 0 spiro atoms. The van der Waals surface area contributed by atoms with E-state index >= 15 is 0 Å². The van der Waals surface area contributed by atoms with Gasteiger partial charge in [-0.05, 0) is 56.4 Å². The highest BCUT2D eigenvalue weighted by Gasteiger charge is 2.21. The van der Waals surface area contributed by atoms with Crippen LogP contribution in [0.2, 0.25) is 5.02 Å². The number of anilines is 2. The monoisotopic (exact) mass is 505 g/mol. The van der Waals surface area contributed by atoms with Crippen molar-refractivity contribution < 1.29 is 4.52 Å². The first-order valence-electron chi connectivity index (χ1n) is 12.3. The summed E-state index contributed by atoms with van der Waals surface area (Å²) in [5.74, 6) is 1.57. The maximum Gasteiger partial charge on any atom is 0.227 e. The van der Waals surface area contributed by atoms with Crippen LogP contribution in [0, 0.1) is 6.92 Å². The highest BCUT2D eigenvalue weighted by molar-refractivity contribution is 6.30. The molecule has 8 nitrogen and oxygen atoms in total. The predicted octanol–water partition coefficient (Wildman–Crippen LogP) is 4.54. The van der Waals surface area contributed by atoms with Gasteiger partial charge in [0.15, 0.2) is 0 Å². The summed E-state index contributed by atoms with van der Waals surface area (Å²) in [5.41, 5.74) is 4.85. The van der Waals surface area contributed by atoms with E-state index in [-0.39, 0.29) is 0 Å². The fourth-order valence-corrected chi connectivity index (χ4v) is 4.69. The molecule has 0 bridgehead atoms. The van der Waals surface area contributed by atoms with Crippen LogP contribution in [0.1, 0.15) is 11.3 Å². The summed E-state index contributed by atoms with van der Waals surface area (Å²) in [6, 6.07) is 14.1. The lowest BCUT2D eigenvalue weighted by atomic mass is 10.0. The molecule has 1 fully saturated rings. The van der Waals surface area contributed by atoms with E-state index in [4.69, 9.17) is 26.1 Å². The zero-order chi connectivity index (χ0) is 25.1. The lowest BCUT2D eigenvalue weighted by Crippen LogP contribution is -2.48. The second kappa shape index (κ2) is 10.8. The SMILES string of the molecule is Cc1nocc1-c1ccc2nc(N3CCN(CCN(C)C)CC3)nc(NCc3cccc(Cl)c3)c2c1. The molecule has 2 aromatic heterocycles. The minimum absolute atomic E-state index is 0.612. The highest BCUT2D eigenvalue weighted by Crippen LogP contribution is 2.31. The van der Waals surface area contributed by atoms with Crippen molar-refractivity contribution in [2.24, 2.45) is 0 Å². The molecule has 1 N–H and O–H groups in total. The van der Waals surface area contributed by atoms with Crippen LogP contribution in [0.4, 0.5) is 11.8 Å². The number of aromatic nitrogens is 3. The first-order chi connectivity index (χ1) is 17.5. The predicted molar refractivity (Wildman–Crippen MR) is 146 cm³/mol. The number of likely N-dealkylation sites (N-methyl/N-ethyl adjacent to an activating group) is 1. The van der Waals surface area contributed by atoms with Gasteiger partial charge in [0.05, 0.1) is 11.2 Å². The van der Waals surface area contributed by atoms with Gasteiger partial charge >= 0.3 is 0 Å². The molecule has 9 heteroatoms. The minimum atomic E-state index is 0.612. The molecule has 3 heterocycles. The van der Waals surface area contributed by atoms with E-state index < -0.39 is 0 Å². The molecule has 1 saturated heterocycles. The lowest BCUT2D eigenvalue weighted by Gasteiger charge is -2.35. The summed E-state index contributed by atoms with van der Waals surface area (Å²) in [4.78, 5) is 17.0. The number of benzene rings is 2. The Balaban J connectivity index is 1.44. The highest BCUT2D eigenvalue weighted by atomic mass is 35.5. The van der Waals surface area contributed by atoms with Crippen LogP contribution in [0.3, 0.4) is 0 Å². The summed E-state index contributed by atoms with van der Waals surface area (Å²) in [7, 11) is 4.24. The van der Waals surface area contributed by atoms with Crippen molar-refractivity contribution in [3.8, 4) is 11.1 Å². The number of nitrogens with one attached hydrogen (secondary N) is 1.